The van der Waals surface area contributed by atoms with E-state index >= 15 is 0 Å². The van der Waals surface area contributed by atoms with Gasteiger partial charge in [0, 0.05) is 0 Å². The number of hydrogen-bond acceptors (Lipinski definition) is 0. The highest BCUT2D eigenvalue weighted by Gasteiger charge is 1.95. The smallest absolute Gasteiger partial charge is 0.118 e. The fraction of sp³-hybridized carbons (Fsp3) is 0.667. The second-order valence-corrected chi connectivity index (χ2v) is 1.65. The molecule has 0 spiro atoms. The monoisotopic (exact) mass is 102 g/mol. The zero-order valence-corrected chi connectivity index (χ0v) is 5.03. The Morgan fingerprint density at radius 2 is 2.14 bits per heavy atom. The molecule has 1 atom stereocenters. The maximum Gasteiger partial charge on any atom is 0.118 e. The lowest BCUT2D eigenvalue weighted by Crippen LogP contribution is -1.91. The summed E-state index contributed by atoms with van der Waals surface area (Å²) in [5.41, 5.74) is 0.806. The van der Waals surface area contributed by atoms with Crippen molar-refractivity contribution in [1.82, 2.24) is 0 Å². The average molecular weight is 102 g/mol. The van der Waals surface area contributed by atoms with Crippen molar-refractivity contribution in [1.29, 1.82) is 0 Å². The van der Waals surface area contributed by atoms with Crippen molar-refractivity contribution in [2.24, 2.45) is 0 Å². The van der Waals surface area contributed by atoms with Crippen LogP contribution in [-0.2, 0) is 0 Å². The van der Waals surface area contributed by atoms with E-state index in [9.17, 15) is 4.39 Å². The first-order valence-corrected chi connectivity index (χ1v) is 2.45. The van der Waals surface area contributed by atoms with Crippen molar-refractivity contribution in [3.8, 4) is 0 Å². The van der Waals surface area contributed by atoms with Gasteiger partial charge in [-0.1, -0.05) is 6.08 Å². The Balaban J connectivity index is 3.56. The number of rotatable bonds is 1. The third-order valence-electron chi connectivity index (χ3n) is 1.08. The molecular formula is C6H11F. The molecule has 0 N–H and O–H groups in total. The zero-order chi connectivity index (χ0) is 5.86. The van der Waals surface area contributed by atoms with Gasteiger partial charge in [-0.2, -0.15) is 0 Å². The van der Waals surface area contributed by atoms with Crippen molar-refractivity contribution in [2.75, 3.05) is 0 Å². The predicted octanol–water partition coefficient (Wildman–Crippen LogP) is 2.31. The van der Waals surface area contributed by atoms with Crippen LogP contribution >= 0.6 is 0 Å². The summed E-state index contributed by atoms with van der Waals surface area (Å²) in [6.07, 6.45) is 1.01. The van der Waals surface area contributed by atoms with Crippen molar-refractivity contribution in [3.63, 3.8) is 0 Å². The molecule has 0 heterocycles. The van der Waals surface area contributed by atoms with Gasteiger partial charge in [-0.05, 0) is 26.3 Å². The fourth-order valence-electron chi connectivity index (χ4n) is 0.230. The topological polar surface area (TPSA) is 0 Å². The van der Waals surface area contributed by atoms with Crippen LogP contribution < -0.4 is 0 Å². The molecule has 0 aliphatic carbocycles. The summed E-state index contributed by atoms with van der Waals surface area (Å²) in [6.45, 7) is 5.16. The van der Waals surface area contributed by atoms with Gasteiger partial charge in [0.2, 0.25) is 0 Å². The van der Waals surface area contributed by atoms with Crippen LogP contribution in [0.5, 0.6) is 0 Å². The average Bonchev–Trinajstić information content (AvgIpc) is 1.65. The third-order valence-corrected chi connectivity index (χ3v) is 1.08. The summed E-state index contributed by atoms with van der Waals surface area (Å²) in [7, 11) is 0. The van der Waals surface area contributed by atoms with E-state index in [0.717, 1.165) is 5.57 Å². The van der Waals surface area contributed by atoms with Gasteiger partial charge in [-0.25, -0.2) is 4.39 Å². The van der Waals surface area contributed by atoms with E-state index < -0.39 is 6.17 Å². The molecule has 0 fully saturated rings. The van der Waals surface area contributed by atoms with Gasteiger partial charge in [0.1, 0.15) is 6.17 Å². The Kier molecular flexibility index (Phi) is 2.65. The van der Waals surface area contributed by atoms with Crippen LogP contribution in [0.2, 0.25) is 0 Å². The van der Waals surface area contributed by atoms with Gasteiger partial charge in [-0.15, -0.1) is 0 Å². The zero-order valence-electron chi connectivity index (χ0n) is 5.03. The number of halogens is 1. The Morgan fingerprint density at radius 1 is 1.71 bits per heavy atom. The predicted molar refractivity (Wildman–Crippen MR) is 30.0 cm³/mol. The van der Waals surface area contributed by atoms with E-state index in [-0.39, 0.29) is 0 Å². The van der Waals surface area contributed by atoms with Gasteiger partial charge in [-0.3, -0.25) is 0 Å². The van der Waals surface area contributed by atoms with Crippen LogP contribution in [0.15, 0.2) is 11.6 Å². The summed E-state index contributed by atoms with van der Waals surface area (Å²) in [5, 5.41) is 0. The Bertz CT molecular complexity index is 72.2. The molecule has 7 heavy (non-hydrogen) atoms. The minimum atomic E-state index is -0.773. The van der Waals surface area contributed by atoms with Gasteiger partial charge in [0.15, 0.2) is 0 Å². The molecule has 42 valence electrons. The molecule has 0 radical (unpaired) electrons. The van der Waals surface area contributed by atoms with Crippen LogP contribution in [0.4, 0.5) is 4.39 Å². The van der Waals surface area contributed by atoms with Crippen LogP contribution in [0.25, 0.3) is 0 Å². The minimum Gasteiger partial charge on any atom is -0.243 e. The Morgan fingerprint density at radius 3 is 2.14 bits per heavy atom. The molecule has 0 aromatic rings. The van der Waals surface area contributed by atoms with Crippen molar-refractivity contribution < 1.29 is 4.39 Å². The normalized spacial score (nSPS) is 16.9. The van der Waals surface area contributed by atoms with Crippen molar-refractivity contribution >= 4 is 0 Å². The number of hydrogen-bond donors (Lipinski definition) is 0. The Hall–Kier alpha value is -0.330. The van der Waals surface area contributed by atoms with Crippen LogP contribution in [-0.4, -0.2) is 6.17 Å². The van der Waals surface area contributed by atoms with Gasteiger partial charge >= 0.3 is 0 Å². The number of alkyl halides is 1. The van der Waals surface area contributed by atoms with Gasteiger partial charge in [0.25, 0.3) is 0 Å². The first-order chi connectivity index (χ1) is 3.18. The molecule has 0 saturated carbocycles. The summed E-state index contributed by atoms with van der Waals surface area (Å²) in [5.74, 6) is 0. The van der Waals surface area contributed by atoms with Crippen LogP contribution in [0, 0.1) is 0 Å². The highest BCUT2D eigenvalue weighted by Crippen LogP contribution is 2.02. The van der Waals surface area contributed by atoms with E-state index in [1.807, 2.05) is 6.92 Å². The van der Waals surface area contributed by atoms with Gasteiger partial charge in [0.05, 0.1) is 0 Å². The van der Waals surface area contributed by atoms with Crippen LogP contribution in [0.1, 0.15) is 20.8 Å². The lowest BCUT2D eigenvalue weighted by Gasteiger charge is -1.96. The molecule has 0 aromatic heterocycles. The molecule has 0 nitrogen and oxygen atoms in total. The second-order valence-electron chi connectivity index (χ2n) is 1.65. The summed E-state index contributed by atoms with van der Waals surface area (Å²) in [6, 6.07) is 0. The molecular weight excluding hydrogens is 91.1 g/mol. The molecule has 1 heteroatoms. The molecule has 0 rings (SSSR count). The molecule has 0 amide bonds. The molecule has 0 unspecified atom stereocenters. The molecule has 0 aliphatic rings. The highest BCUT2D eigenvalue weighted by atomic mass is 19.1. The summed E-state index contributed by atoms with van der Waals surface area (Å²) < 4.78 is 12.0. The lowest BCUT2D eigenvalue weighted by molar-refractivity contribution is 0.411. The van der Waals surface area contributed by atoms with Gasteiger partial charge < -0.3 is 0 Å². The van der Waals surface area contributed by atoms with Crippen LogP contribution in [0.3, 0.4) is 0 Å². The quantitative estimate of drug-likeness (QED) is 0.446. The molecule has 0 aromatic carbocycles. The standard InChI is InChI=1S/C6H11F/c1-4-5(2)6(3)7/h4,6H,1-3H3/b5-4-/t6-/m1/s1. The summed E-state index contributed by atoms with van der Waals surface area (Å²) in [4.78, 5) is 0. The van der Waals surface area contributed by atoms with E-state index in [1.54, 1.807) is 13.0 Å². The number of allylic oxidation sites excluding steroid dienone is 2. The van der Waals surface area contributed by atoms with E-state index in [1.165, 1.54) is 6.92 Å². The molecule has 0 aliphatic heterocycles. The summed E-state index contributed by atoms with van der Waals surface area (Å²) >= 11 is 0. The molecule has 0 bridgehead atoms. The Labute approximate surface area is 44.0 Å². The maximum absolute atomic E-state index is 12.0. The highest BCUT2D eigenvalue weighted by molar-refractivity contribution is 5.00. The van der Waals surface area contributed by atoms with Crippen molar-refractivity contribution in [3.05, 3.63) is 11.6 Å². The maximum atomic E-state index is 12.0. The van der Waals surface area contributed by atoms with Crippen molar-refractivity contribution in [2.45, 2.75) is 26.9 Å². The first-order valence-electron chi connectivity index (χ1n) is 2.45. The van der Waals surface area contributed by atoms with E-state index in [4.69, 9.17) is 0 Å². The largest absolute Gasteiger partial charge is 0.243 e. The fourth-order valence-corrected chi connectivity index (χ4v) is 0.230. The minimum absolute atomic E-state index is 0.773. The SMILES string of the molecule is C/C=C(/C)[C@@H](C)F. The van der Waals surface area contributed by atoms with E-state index in [2.05, 4.69) is 0 Å². The first kappa shape index (κ1) is 6.67. The van der Waals surface area contributed by atoms with E-state index in [0.29, 0.717) is 0 Å². The third kappa shape index (κ3) is 2.38. The lowest BCUT2D eigenvalue weighted by atomic mass is 10.2. The molecule has 0 saturated heterocycles. The second kappa shape index (κ2) is 2.78.